The van der Waals surface area contributed by atoms with Crippen LogP contribution in [0.1, 0.15) is 32.8 Å². The Hall–Kier alpha value is -2.24. The second-order valence-corrected chi connectivity index (χ2v) is 7.76. The molecule has 0 spiro atoms. The molecule has 0 aliphatic carbocycles. The highest BCUT2D eigenvalue weighted by Crippen LogP contribution is 2.18. The second-order valence-electron chi connectivity index (χ2n) is 6.89. The van der Waals surface area contributed by atoms with Gasteiger partial charge in [-0.25, -0.2) is 0 Å². The number of carbonyl (C=O) groups is 2. The molecule has 2 atom stereocenters. The van der Waals surface area contributed by atoms with Crippen LogP contribution < -0.4 is 10.1 Å². The summed E-state index contributed by atoms with van der Waals surface area (Å²) in [6.45, 7) is 5.70. The van der Waals surface area contributed by atoms with E-state index < -0.39 is 6.04 Å². The molecule has 0 radical (unpaired) electrons. The van der Waals surface area contributed by atoms with Crippen molar-refractivity contribution in [3.05, 3.63) is 64.1 Å². The van der Waals surface area contributed by atoms with Gasteiger partial charge in [0.05, 0.1) is 0 Å². The van der Waals surface area contributed by atoms with E-state index in [1.54, 1.807) is 43.3 Å². The Kier molecular flexibility index (Phi) is 8.80. The highest BCUT2D eigenvalue weighted by molar-refractivity contribution is 6.30. The number of amides is 2. The van der Waals surface area contributed by atoms with E-state index in [1.807, 2.05) is 26.0 Å². The maximum Gasteiger partial charge on any atom is 0.261 e. The Balaban J connectivity index is 2.14. The van der Waals surface area contributed by atoms with Gasteiger partial charge in [-0.1, -0.05) is 48.3 Å². The van der Waals surface area contributed by atoms with Gasteiger partial charge in [-0.2, -0.15) is 0 Å². The molecule has 2 amide bonds. The summed E-state index contributed by atoms with van der Waals surface area (Å²) in [6.07, 6.45) is 0.807. The highest BCUT2D eigenvalue weighted by atomic mass is 35.5. The molecule has 0 aromatic heterocycles. The Bertz CT molecular complexity index is 827. The quantitative estimate of drug-likeness (QED) is 0.619. The van der Waals surface area contributed by atoms with E-state index in [2.05, 4.69) is 5.32 Å². The molecule has 2 rings (SSSR count). The molecule has 0 saturated carbocycles. The van der Waals surface area contributed by atoms with Crippen molar-refractivity contribution in [2.75, 3.05) is 6.61 Å². The molecule has 0 bridgehead atoms. The largest absolute Gasteiger partial charge is 0.484 e. The van der Waals surface area contributed by atoms with Crippen LogP contribution in [-0.2, 0) is 16.1 Å². The minimum Gasteiger partial charge on any atom is -0.484 e. The summed E-state index contributed by atoms with van der Waals surface area (Å²) in [7, 11) is 0. The lowest BCUT2D eigenvalue weighted by Gasteiger charge is -2.29. The average Bonchev–Trinajstić information content (AvgIpc) is 2.71. The van der Waals surface area contributed by atoms with Gasteiger partial charge in [0.2, 0.25) is 5.91 Å². The first-order valence-corrected chi connectivity index (χ1v) is 10.3. The van der Waals surface area contributed by atoms with Crippen molar-refractivity contribution in [1.29, 1.82) is 0 Å². The van der Waals surface area contributed by atoms with Gasteiger partial charge in [-0.15, -0.1) is 0 Å². The molecule has 5 nitrogen and oxygen atoms in total. The molecule has 0 heterocycles. The number of ether oxygens (including phenoxy) is 1. The topological polar surface area (TPSA) is 58.6 Å². The lowest BCUT2D eigenvalue weighted by Crippen LogP contribution is -2.50. The van der Waals surface area contributed by atoms with Crippen LogP contribution in [0, 0.1) is 0 Å². The van der Waals surface area contributed by atoms with Crippen LogP contribution in [-0.4, -0.2) is 35.4 Å². The predicted octanol–water partition coefficient (Wildman–Crippen LogP) is 4.70. The first-order chi connectivity index (χ1) is 13.8. The Morgan fingerprint density at radius 3 is 2.38 bits per heavy atom. The Labute approximate surface area is 181 Å². The number of rotatable bonds is 9. The molecule has 2 unspecified atom stereocenters. The van der Waals surface area contributed by atoms with Crippen LogP contribution in [0.3, 0.4) is 0 Å². The van der Waals surface area contributed by atoms with Crippen LogP contribution in [0.5, 0.6) is 5.75 Å². The normalized spacial score (nSPS) is 12.7. The van der Waals surface area contributed by atoms with Gasteiger partial charge in [0.1, 0.15) is 11.8 Å². The van der Waals surface area contributed by atoms with Crippen molar-refractivity contribution in [3.8, 4) is 5.75 Å². The van der Waals surface area contributed by atoms with Gasteiger partial charge in [-0.05, 0) is 56.2 Å². The second kappa shape index (κ2) is 11.1. The number of halogens is 2. The molecule has 0 saturated heterocycles. The number of nitrogens with one attached hydrogen (secondary N) is 1. The first kappa shape index (κ1) is 23.0. The smallest absolute Gasteiger partial charge is 0.261 e. The number of carbonyl (C=O) groups excluding carboxylic acids is 2. The average molecular weight is 437 g/mol. The molecule has 29 heavy (non-hydrogen) atoms. The summed E-state index contributed by atoms with van der Waals surface area (Å²) in [5.74, 6) is -0.00912. The summed E-state index contributed by atoms with van der Waals surface area (Å²) in [6, 6.07) is 13.4. The van der Waals surface area contributed by atoms with Crippen molar-refractivity contribution < 1.29 is 14.3 Å². The van der Waals surface area contributed by atoms with Crippen LogP contribution >= 0.6 is 23.2 Å². The van der Waals surface area contributed by atoms with Crippen molar-refractivity contribution in [2.24, 2.45) is 0 Å². The third-order valence-corrected chi connectivity index (χ3v) is 5.08. The summed E-state index contributed by atoms with van der Waals surface area (Å²) in [5, 5.41) is 4.06. The fourth-order valence-electron chi connectivity index (χ4n) is 2.62. The van der Waals surface area contributed by atoms with Crippen molar-refractivity contribution >= 4 is 35.0 Å². The number of nitrogens with zero attached hydrogens (tertiary/aromatic N) is 1. The summed E-state index contributed by atoms with van der Waals surface area (Å²) in [4.78, 5) is 27.1. The van der Waals surface area contributed by atoms with Crippen LogP contribution in [0.4, 0.5) is 0 Å². The molecule has 0 aliphatic heterocycles. The number of hydrogen-bond donors (Lipinski definition) is 1. The summed E-state index contributed by atoms with van der Waals surface area (Å²) >= 11 is 11.9. The van der Waals surface area contributed by atoms with Crippen molar-refractivity contribution in [2.45, 2.75) is 45.8 Å². The van der Waals surface area contributed by atoms with Crippen molar-refractivity contribution in [3.63, 3.8) is 0 Å². The van der Waals surface area contributed by atoms with E-state index in [9.17, 15) is 9.59 Å². The summed E-state index contributed by atoms with van der Waals surface area (Å²) in [5.41, 5.74) is 0.869. The molecule has 1 N–H and O–H groups in total. The first-order valence-electron chi connectivity index (χ1n) is 9.52. The molecule has 156 valence electrons. The van der Waals surface area contributed by atoms with E-state index in [0.29, 0.717) is 15.8 Å². The molecular formula is C22H26Cl2N2O3. The van der Waals surface area contributed by atoms with Gasteiger partial charge in [-0.3, -0.25) is 9.59 Å². The number of hydrogen-bond acceptors (Lipinski definition) is 3. The minimum atomic E-state index is -0.657. The van der Waals surface area contributed by atoms with Gasteiger partial charge in [0.25, 0.3) is 5.91 Å². The van der Waals surface area contributed by atoms with E-state index in [1.165, 1.54) is 4.90 Å². The van der Waals surface area contributed by atoms with E-state index in [-0.39, 0.29) is 31.0 Å². The van der Waals surface area contributed by atoms with Gasteiger partial charge >= 0.3 is 0 Å². The maximum atomic E-state index is 12.9. The van der Waals surface area contributed by atoms with E-state index in [0.717, 1.165) is 12.0 Å². The third-order valence-electron chi connectivity index (χ3n) is 4.59. The Morgan fingerprint density at radius 1 is 1.07 bits per heavy atom. The standard InChI is InChI=1S/C22H26Cl2N2O3/c1-4-15(2)25-22(28)16(3)26(13-17-8-10-18(23)11-9-17)21(27)14-29-20-7-5-6-19(24)12-20/h5-12,15-16H,4,13-14H2,1-3H3,(H,25,28). The molecular weight excluding hydrogens is 411 g/mol. The fraction of sp³-hybridized carbons (Fsp3) is 0.364. The molecule has 2 aromatic carbocycles. The maximum absolute atomic E-state index is 12.9. The van der Waals surface area contributed by atoms with Crippen LogP contribution in [0.25, 0.3) is 0 Å². The lowest BCUT2D eigenvalue weighted by atomic mass is 10.1. The monoisotopic (exact) mass is 436 g/mol. The van der Waals surface area contributed by atoms with Gasteiger partial charge in [0.15, 0.2) is 6.61 Å². The zero-order valence-electron chi connectivity index (χ0n) is 16.8. The molecule has 2 aromatic rings. The zero-order chi connectivity index (χ0) is 21.4. The van der Waals surface area contributed by atoms with Gasteiger partial charge < -0.3 is 15.0 Å². The molecule has 0 fully saturated rings. The van der Waals surface area contributed by atoms with E-state index in [4.69, 9.17) is 27.9 Å². The third kappa shape index (κ3) is 7.26. The van der Waals surface area contributed by atoms with Crippen molar-refractivity contribution in [1.82, 2.24) is 10.2 Å². The number of benzene rings is 2. The fourth-order valence-corrected chi connectivity index (χ4v) is 2.93. The van der Waals surface area contributed by atoms with Crippen LogP contribution in [0.2, 0.25) is 10.0 Å². The zero-order valence-corrected chi connectivity index (χ0v) is 18.3. The SMILES string of the molecule is CCC(C)NC(=O)C(C)N(Cc1ccc(Cl)cc1)C(=O)COc1cccc(Cl)c1. The molecule has 7 heteroatoms. The van der Waals surface area contributed by atoms with Crippen LogP contribution in [0.15, 0.2) is 48.5 Å². The lowest BCUT2D eigenvalue weighted by molar-refractivity contribution is -0.142. The van der Waals surface area contributed by atoms with Gasteiger partial charge in [0, 0.05) is 22.6 Å². The Morgan fingerprint density at radius 2 is 1.76 bits per heavy atom. The highest BCUT2D eigenvalue weighted by Gasteiger charge is 2.27. The minimum absolute atomic E-state index is 0.0279. The van der Waals surface area contributed by atoms with E-state index >= 15 is 0 Å². The molecule has 0 aliphatic rings. The predicted molar refractivity (Wildman–Crippen MR) is 116 cm³/mol. The summed E-state index contributed by atoms with van der Waals surface area (Å²) < 4.78 is 5.59.